The minimum absolute atomic E-state index is 0.0398. The quantitative estimate of drug-likeness (QED) is 0.248. The highest BCUT2D eigenvalue weighted by Crippen LogP contribution is 2.25. The Bertz CT molecular complexity index is 768. The van der Waals surface area contributed by atoms with Crippen LogP contribution in [0.15, 0.2) is 36.7 Å². The zero-order valence-electron chi connectivity index (χ0n) is 19.6. The summed E-state index contributed by atoms with van der Waals surface area (Å²) in [7, 11) is 0. The summed E-state index contributed by atoms with van der Waals surface area (Å²) >= 11 is 0. The number of halogens is 3. The lowest BCUT2D eigenvalue weighted by molar-refractivity contribution is -0.227. The molecular weight excluding hydrogens is 433 g/mol. The molecule has 184 valence electrons. The van der Waals surface area contributed by atoms with E-state index in [0.29, 0.717) is 18.9 Å². The number of benzene rings is 1. The topological polar surface area (TPSA) is 53.5 Å². The Morgan fingerprint density at radius 3 is 2.03 bits per heavy atom. The average molecular weight is 469 g/mol. The summed E-state index contributed by atoms with van der Waals surface area (Å²) in [6.07, 6.45) is 4.86. The number of aromatic nitrogens is 2. The highest BCUT2D eigenvalue weighted by atomic mass is 19.4. The van der Waals surface area contributed by atoms with Crippen molar-refractivity contribution < 1.29 is 27.4 Å². The molecule has 0 saturated carbocycles. The fourth-order valence-corrected chi connectivity index (χ4v) is 3.09. The SMILES string of the molecule is CCCCCCCCOc1ccc(-c2ncc(OCC(OCCCC)C(F)(F)F)cn2)cc1. The molecule has 33 heavy (non-hydrogen) atoms. The molecule has 1 unspecified atom stereocenters. The van der Waals surface area contributed by atoms with Gasteiger partial charge in [0.15, 0.2) is 17.7 Å². The van der Waals surface area contributed by atoms with E-state index in [4.69, 9.17) is 14.2 Å². The maximum Gasteiger partial charge on any atom is 0.417 e. The van der Waals surface area contributed by atoms with E-state index in [1.807, 2.05) is 31.2 Å². The van der Waals surface area contributed by atoms with Crippen LogP contribution in [0.2, 0.25) is 0 Å². The van der Waals surface area contributed by atoms with Crippen molar-refractivity contribution in [3.8, 4) is 22.9 Å². The van der Waals surface area contributed by atoms with Crippen molar-refractivity contribution in [1.82, 2.24) is 9.97 Å². The number of alkyl halides is 3. The van der Waals surface area contributed by atoms with Gasteiger partial charge < -0.3 is 14.2 Å². The second-order valence-corrected chi connectivity index (χ2v) is 7.95. The lowest BCUT2D eigenvalue weighted by atomic mass is 10.1. The molecule has 2 rings (SSSR count). The largest absolute Gasteiger partial charge is 0.494 e. The Morgan fingerprint density at radius 2 is 1.39 bits per heavy atom. The van der Waals surface area contributed by atoms with E-state index < -0.39 is 18.9 Å². The fraction of sp³-hybridized carbons (Fsp3) is 0.600. The predicted molar refractivity (Wildman–Crippen MR) is 123 cm³/mol. The van der Waals surface area contributed by atoms with Crippen molar-refractivity contribution in [3.05, 3.63) is 36.7 Å². The first-order chi connectivity index (χ1) is 15.9. The van der Waals surface area contributed by atoms with Gasteiger partial charge in [-0.3, -0.25) is 0 Å². The molecule has 2 aromatic rings. The van der Waals surface area contributed by atoms with Crippen molar-refractivity contribution >= 4 is 0 Å². The molecule has 1 heterocycles. The van der Waals surface area contributed by atoms with Gasteiger partial charge in [-0.25, -0.2) is 9.97 Å². The molecule has 1 aromatic heterocycles. The van der Waals surface area contributed by atoms with Gasteiger partial charge in [-0.1, -0.05) is 52.4 Å². The first kappa shape index (κ1) is 26.9. The standard InChI is InChI=1S/C25H35F3N2O3/c1-3-5-7-8-9-10-16-31-21-13-11-20(12-14-21)24-29-17-22(18-30-24)33-19-23(25(26,27)28)32-15-6-4-2/h11-14,17-18,23H,3-10,15-16,19H2,1-2H3. The van der Waals surface area contributed by atoms with E-state index in [9.17, 15) is 13.2 Å². The van der Waals surface area contributed by atoms with Gasteiger partial charge in [0.05, 0.1) is 19.0 Å². The van der Waals surface area contributed by atoms with Crippen LogP contribution in [0.3, 0.4) is 0 Å². The Hall–Kier alpha value is -2.35. The van der Waals surface area contributed by atoms with E-state index in [1.165, 1.54) is 44.5 Å². The van der Waals surface area contributed by atoms with E-state index >= 15 is 0 Å². The number of hydrogen-bond acceptors (Lipinski definition) is 5. The van der Waals surface area contributed by atoms with Crippen molar-refractivity contribution in [2.24, 2.45) is 0 Å². The Balaban J connectivity index is 1.80. The van der Waals surface area contributed by atoms with Crippen LogP contribution in [-0.2, 0) is 4.74 Å². The Kier molecular flexibility index (Phi) is 12.0. The van der Waals surface area contributed by atoms with Crippen LogP contribution in [-0.4, -0.2) is 42.1 Å². The molecule has 8 heteroatoms. The first-order valence-corrected chi connectivity index (χ1v) is 11.8. The van der Waals surface area contributed by atoms with Crippen LogP contribution in [0.25, 0.3) is 11.4 Å². The van der Waals surface area contributed by atoms with Crippen LogP contribution < -0.4 is 9.47 Å². The van der Waals surface area contributed by atoms with Crippen LogP contribution in [0.4, 0.5) is 13.2 Å². The molecule has 1 atom stereocenters. The molecule has 0 bridgehead atoms. The van der Waals surface area contributed by atoms with Gasteiger partial charge in [-0.05, 0) is 37.1 Å². The third-order valence-electron chi connectivity index (χ3n) is 5.09. The third kappa shape index (κ3) is 10.4. The molecule has 0 amide bonds. The van der Waals surface area contributed by atoms with Crippen molar-refractivity contribution in [3.63, 3.8) is 0 Å². The van der Waals surface area contributed by atoms with E-state index in [1.54, 1.807) is 0 Å². The molecule has 0 aliphatic carbocycles. The van der Waals surface area contributed by atoms with Gasteiger partial charge in [-0.2, -0.15) is 13.2 Å². The number of unbranched alkanes of at least 4 members (excludes halogenated alkanes) is 6. The van der Waals surface area contributed by atoms with E-state index in [-0.39, 0.29) is 12.4 Å². The van der Waals surface area contributed by atoms with Crippen molar-refractivity contribution in [2.75, 3.05) is 19.8 Å². The van der Waals surface area contributed by atoms with Crippen molar-refractivity contribution in [1.29, 1.82) is 0 Å². The summed E-state index contributed by atoms with van der Waals surface area (Å²) in [6, 6.07) is 7.44. The summed E-state index contributed by atoms with van der Waals surface area (Å²) in [5.41, 5.74) is 0.782. The number of ether oxygens (including phenoxy) is 3. The second-order valence-electron chi connectivity index (χ2n) is 7.95. The smallest absolute Gasteiger partial charge is 0.417 e. The average Bonchev–Trinajstić information content (AvgIpc) is 2.81. The van der Waals surface area contributed by atoms with Gasteiger partial charge in [0, 0.05) is 12.2 Å². The third-order valence-corrected chi connectivity index (χ3v) is 5.09. The van der Waals surface area contributed by atoms with Gasteiger partial charge in [-0.15, -0.1) is 0 Å². The first-order valence-electron chi connectivity index (χ1n) is 11.8. The molecule has 0 spiro atoms. The molecule has 0 radical (unpaired) electrons. The molecular formula is C25H35F3N2O3. The monoisotopic (exact) mass is 468 g/mol. The van der Waals surface area contributed by atoms with Gasteiger partial charge >= 0.3 is 6.18 Å². The minimum Gasteiger partial charge on any atom is -0.494 e. The summed E-state index contributed by atoms with van der Waals surface area (Å²) < 4.78 is 55.2. The predicted octanol–water partition coefficient (Wildman–Crippen LogP) is 7.01. The summed E-state index contributed by atoms with van der Waals surface area (Å²) in [5.74, 6) is 1.40. The van der Waals surface area contributed by atoms with E-state index in [0.717, 1.165) is 24.2 Å². The minimum atomic E-state index is -4.49. The number of hydrogen-bond donors (Lipinski definition) is 0. The Labute approximate surface area is 194 Å². The van der Waals surface area contributed by atoms with Gasteiger partial charge in [0.25, 0.3) is 0 Å². The molecule has 5 nitrogen and oxygen atoms in total. The molecule has 1 aromatic carbocycles. The van der Waals surface area contributed by atoms with Gasteiger partial charge in [0.1, 0.15) is 12.4 Å². The van der Waals surface area contributed by atoms with E-state index in [2.05, 4.69) is 16.9 Å². The Morgan fingerprint density at radius 1 is 0.758 bits per heavy atom. The number of rotatable bonds is 16. The zero-order chi connectivity index (χ0) is 23.9. The normalized spacial score (nSPS) is 12.5. The van der Waals surface area contributed by atoms with Gasteiger partial charge in [0.2, 0.25) is 0 Å². The summed E-state index contributed by atoms with van der Waals surface area (Å²) in [6.45, 7) is 4.19. The molecule has 0 aliphatic rings. The zero-order valence-corrected chi connectivity index (χ0v) is 19.6. The van der Waals surface area contributed by atoms with Crippen LogP contribution in [0, 0.1) is 0 Å². The molecule has 0 saturated heterocycles. The molecule has 0 aliphatic heterocycles. The number of nitrogens with zero attached hydrogens (tertiary/aromatic N) is 2. The van der Waals surface area contributed by atoms with Crippen LogP contribution in [0.5, 0.6) is 11.5 Å². The summed E-state index contributed by atoms with van der Waals surface area (Å²) in [4.78, 5) is 8.41. The lowest BCUT2D eigenvalue weighted by Gasteiger charge is -2.21. The maximum atomic E-state index is 13.1. The summed E-state index contributed by atoms with van der Waals surface area (Å²) in [5, 5.41) is 0. The van der Waals surface area contributed by atoms with Crippen LogP contribution in [0.1, 0.15) is 65.2 Å². The maximum absolute atomic E-state index is 13.1. The second kappa shape index (κ2) is 14.7. The van der Waals surface area contributed by atoms with Crippen molar-refractivity contribution in [2.45, 2.75) is 77.5 Å². The highest BCUT2D eigenvalue weighted by molar-refractivity contribution is 5.56. The highest BCUT2D eigenvalue weighted by Gasteiger charge is 2.41. The molecule has 0 fully saturated rings. The fourth-order valence-electron chi connectivity index (χ4n) is 3.09. The van der Waals surface area contributed by atoms with Crippen LogP contribution >= 0.6 is 0 Å². The lowest BCUT2D eigenvalue weighted by Crippen LogP contribution is -2.37. The molecule has 0 N–H and O–H groups in total.